The SMILES string of the molecule is CC(=O)c1ccccc1Oc1ccccc1C/C=C1/NC(=O)NC1=O. The van der Waals surface area contributed by atoms with Gasteiger partial charge < -0.3 is 10.1 Å². The summed E-state index contributed by atoms with van der Waals surface area (Å²) in [4.78, 5) is 34.4. The normalized spacial score (nSPS) is 15.0. The minimum absolute atomic E-state index is 0.0828. The molecule has 1 aliphatic rings. The van der Waals surface area contributed by atoms with Crippen LogP contribution < -0.4 is 15.4 Å². The summed E-state index contributed by atoms with van der Waals surface area (Å²) < 4.78 is 5.93. The van der Waals surface area contributed by atoms with E-state index in [1.54, 1.807) is 36.4 Å². The van der Waals surface area contributed by atoms with E-state index in [1.165, 1.54) is 6.92 Å². The zero-order valence-corrected chi connectivity index (χ0v) is 13.5. The lowest BCUT2D eigenvalue weighted by Crippen LogP contribution is -2.22. The van der Waals surface area contributed by atoms with Crippen molar-refractivity contribution in [1.29, 1.82) is 0 Å². The number of amides is 3. The minimum atomic E-state index is -0.531. The Morgan fingerprint density at radius 2 is 1.68 bits per heavy atom. The molecule has 1 saturated heterocycles. The Labute approximate surface area is 144 Å². The van der Waals surface area contributed by atoms with Crippen LogP contribution in [0.5, 0.6) is 11.5 Å². The van der Waals surface area contributed by atoms with Crippen LogP contribution in [0.3, 0.4) is 0 Å². The number of Topliss-reactive ketones (excluding diaryl/α,β-unsaturated/α-hetero) is 1. The molecule has 0 aliphatic carbocycles. The first-order valence-corrected chi connectivity index (χ1v) is 7.73. The number of ether oxygens (including phenoxy) is 1. The van der Waals surface area contributed by atoms with Gasteiger partial charge in [0, 0.05) is 0 Å². The molecule has 25 heavy (non-hydrogen) atoms. The molecule has 6 heteroatoms. The van der Waals surface area contributed by atoms with Crippen molar-refractivity contribution in [2.75, 3.05) is 0 Å². The van der Waals surface area contributed by atoms with E-state index in [0.717, 1.165) is 5.56 Å². The molecule has 0 unspecified atom stereocenters. The van der Waals surface area contributed by atoms with Crippen LogP contribution in [0.4, 0.5) is 4.79 Å². The zero-order valence-electron chi connectivity index (χ0n) is 13.5. The number of hydrogen-bond acceptors (Lipinski definition) is 4. The lowest BCUT2D eigenvalue weighted by atomic mass is 10.1. The molecule has 0 saturated carbocycles. The van der Waals surface area contributed by atoms with Crippen LogP contribution in [0, 0.1) is 0 Å². The summed E-state index contributed by atoms with van der Waals surface area (Å²) in [6.45, 7) is 1.49. The summed E-state index contributed by atoms with van der Waals surface area (Å²) in [6.07, 6.45) is 2.01. The monoisotopic (exact) mass is 336 g/mol. The highest BCUT2D eigenvalue weighted by atomic mass is 16.5. The van der Waals surface area contributed by atoms with Crippen molar-refractivity contribution in [1.82, 2.24) is 10.6 Å². The van der Waals surface area contributed by atoms with Crippen LogP contribution in [0.15, 0.2) is 60.3 Å². The van der Waals surface area contributed by atoms with Gasteiger partial charge in [-0.3, -0.25) is 14.9 Å². The highest BCUT2D eigenvalue weighted by Gasteiger charge is 2.22. The molecule has 2 aromatic rings. The van der Waals surface area contributed by atoms with Gasteiger partial charge in [-0.15, -0.1) is 0 Å². The molecule has 0 aromatic heterocycles. The number of rotatable bonds is 5. The molecule has 1 fully saturated rings. The van der Waals surface area contributed by atoms with E-state index in [9.17, 15) is 14.4 Å². The average molecular weight is 336 g/mol. The second kappa shape index (κ2) is 7.00. The summed E-state index contributed by atoms with van der Waals surface area (Å²) in [5, 5.41) is 4.59. The highest BCUT2D eigenvalue weighted by Crippen LogP contribution is 2.29. The maximum absolute atomic E-state index is 11.7. The Kier molecular flexibility index (Phi) is 4.61. The van der Waals surface area contributed by atoms with Crippen molar-refractivity contribution in [2.24, 2.45) is 0 Å². The second-order valence-electron chi connectivity index (χ2n) is 5.49. The van der Waals surface area contributed by atoms with Crippen LogP contribution in [-0.4, -0.2) is 17.7 Å². The molecule has 0 atom stereocenters. The Balaban J connectivity index is 1.85. The van der Waals surface area contributed by atoms with Gasteiger partial charge in [0.2, 0.25) is 0 Å². The summed E-state index contributed by atoms with van der Waals surface area (Å²) in [7, 11) is 0. The molecule has 2 N–H and O–H groups in total. The predicted octanol–water partition coefficient (Wildman–Crippen LogP) is 2.95. The number of hydrogen-bond donors (Lipinski definition) is 2. The van der Waals surface area contributed by atoms with Crippen LogP contribution in [0.25, 0.3) is 0 Å². The van der Waals surface area contributed by atoms with Gasteiger partial charge in [-0.25, -0.2) is 4.79 Å². The fraction of sp³-hybridized carbons (Fsp3) is 0.105. The minimum Gasteiger partial charge on any atom is -0.456 e. The quantitative estimate of drug-likeness (QED) is 0.499. The third kappa shape index (κ3) is 3.74. The standard InChI is InChI=1S/C19H16N2O4/c1-12(22)14-7-3-5-9-17(14)25-16-8-4-2-6-13(16)10-11-15-18(23)21-19(24)20-15/h2-9,11H,10H2,1H3,(H2,20,21,23,24)/b15-11+. The number of allylic oxidation sites excluding steroid dienone is 1. The van der Waals surface area contributed by atoms with E-state index in [-0.39, 0.29) is 11.5 Å². The molecule has 1 heterocycles. The van der Waals surface area contributed by atoms with E-state index in [1.807, 2.05) is 18.2 Å². The Hall–Kier alpha value is -3.41. The number of imide groups is 1. The molecular formula is C19H16N2O4. The first-order chi connectivity index (χ1) is 12.0. The summed E-state index contributed by atoms with van der Waals surface area (Å²) in [5.74, 6) is 0.519. The van der Waals surface area contributed by atoms with E-state index in [2.05, 4.69) is 10.6 Å². The Bertz CT molecular complexity index is 886. The van der Waals surface area contributed by atoms with Gasteiger partial charge in [0.05, 0.1) is 5.56 Å². The summed E-state index contributed by atoms with van der Waals surface area (Å²) >= 11 is 0. The number of carbonyl (C=O) groups is 3. The molecule has 2 aromatic carbocycles. The lowest BCUT2D eigenvalue weighted by molar-refractivity contribution is -0.115. The van der Waals surface area contributed by atoms with E-state index in [4.69, 9.17) is 4.74 Å². The van der Waals surface area contributed by atoms with Crippen molar-refractivity contribution in [2.45, 2.75) is 13.3 Å². The highest BCUT2D eigenvalue weighted by molar-refractivity contribution is 6.11. The number of para-hydroxylation sites is 2. The van der Waals surface area contributed by atoms with E-state index in [0.29, 0.717) is 23.5 Å². The van der Waals surface area contributed by atoms with Gasteiger partial charge >= 0.3 is 6.03 Å². The lowest BCUT2D eigenvalue weighted by Gasteiger charge is -2.12. The molecular weight excluding hydrogens is 320 g/mol. The van der Waals surface area contributed by atoms with Gasteiger partial charge in [0.15, 0.2) is 5.78 Å². The van der Waals surface area contributed by atoms with E-state index < -0.39 is 11.9 Å². The van der Waals surface area contributed by atoms with Crippen molar-refractivity contribution in [3.05, 3.63) is 71.4 Å². The molecule has 0 bridgehead atoms. The topological polar surface area (TPSA) is 84.5 Å². The summed E-state index contributed by atoms with van der Waals surface area (Å²) in [5.41, 5.74) is 1.53. The van der Waals surface area contributed by atoms with Crippen LogP contribution in [-0.2, 0) is 11.2 Å². The number of ketones is 1. The third-order valence-electron chi connectivity index (χ3n) is 3.70. The van der Waals surface area contributed by atoms with Gasteiger partial charge in [-0.05, 0) is 37.1 Å². The van der Waals surface area contributed by atoms with Crippen molar-refractivity contribution in [3.63, 3.8) is 0 Å². The van der Waals surface area contributed by atoms with Crippen LogP contribution in [0.2, 0.25) is 0 Å². The van der Waals surface area contributed by atoms with Gasteiger partial charge in [0.25, 0.3) is 5.91 Å². The van der Waals surface area contributed by atoms with Gasteiger partial charge in [-0.2, -0.15) is 0 Å². The second-order valence-corrected chi connectivity index (χ2v) is 5.49. The summed E-state index contributed by atoms with van der Waals surface area (Å²) in [6, 6.07) is 13.8. The zero-order chi connectivity index (χ0) is 17.8. The largest absolute Gasteiger partial charge is 0.456 e. The van der Waals surface area contributed by atoms with Gasteiger partial charge in [-0.1, -0.05) is 36.4 Å². The Morgan fingerprint density at radius 3 is 2.36 bits per heavy atom. The molecule has 0 spiro atoms. The first kappa shape index (κ1) is 16.4. The van der Waals surface area contributed by atoms with Crippen molar-refractivity contribution < 1.29 is 19.1 Å². The number of urea groups is 1. The maximum Gasteiger partial charge on any atom is 0.326 e. The Morgan fingerprint density at radius 1 is 1.00 bits per heavy atom. The molecule has 0 radical (unpaired) electrons. The van der Waals surface area contributed by atoms with Crippen molar-refractivity contribution in [3.8, 4) is 11.5 Å². The molecule has 3 rings (SSSR count). The molecule has 3 amide bonds. The third-order valence-corrected chi connectivity index (χ3v) is 3.70. The van der Waals surface area contributed by atoms with Crippen LogP contribution >= 0.6 is 0 Å². The maximum atomic E-state index is 11.7. The van der Waals surface area contributed by atoms with E-state index >= 15 is 0 Å². The van der Waals surface area contributed by atoms with Gasteiger partial charge in [0.1, 0.15) is 17.2 Å². The molecule has 1 aliphatic heterocycles. The molecule has 126 valence electrons. The molecule has 6 nitrogen and oxygen atoms in total. The average Bonchev–Trinajstić information content (AvgIpc) is 2.92. The number of nitrogens with one attached hydrogen (secondary N) is 2. The number of carbonyl (C=O) groups excluding carboxylic acids is 3. The number of benzene rings is 2. The smallest absolute Gasteiger partial charge is 0.326 e. The fourth-order valence-electron chi connectivity index (χ4n) is 2.47. The first-order valence-electron chi connectivity index (χ1n) is 7.73. The fourth-order valence-corrected chi connectivity index (χ4v) is 2.47. The van der Waals surface area contributed by atoms with Crippen LogP contribution in [0.1, 0.15) is 22.8 Å². The van der Waals surface area contributed by atoms with Crippen molar-refractivity contribution >= 4 is 17.7 Å². The predicted molar refractivity (Wildman–Crippen MR) is 91.4 cm³/mol.